The lowest BCUT2D eigenvalue weighted by atomic mass is 10.0. The molecule has 134 valence electrons. The summed E-state index contributed by atoms with van der Waals surface area (Å²) in [6.07, 6.45) is 1.56. The summed E-state index contributed by atoms with van der Waals surface area (Å²) in [6.45, 7) is 11.3. The fraction of sp³-hybridized carbons (Fsp3) is 0.421. The third-order valence-corrected chi connectivity index (χ3v) is 5.47. The van der Waals surface area contributed by atoms with Gasteiger partial charge in [0.1, 0.15) is 0 Å². The number of nitrogens with zero attached hydrogens (tertiary/aromatic N) is 2. The molecule has 2 rings (SSSR count). The molecule has 1 aromatic carbocycles. The minimum absolute atomic E-state index is 0.00789. The average molecular weight is 359 g/mol. The van der Waals surface area contributed by atoms with Gasteiger partial charge >= 0.3 is 5.69 Å². The van der Waals surface area contributed by atoms with Gasteiger partial charge in [0.15, 0.2) is 0 Å². The Bertz CT molecular complexity index is 752. The Morgan fingerprint density at radius 2 is 1.88 bits per heavy atom. The van der Waals surface area contributed by atoms with Crippen LogP contribution in [-0.4, -0.2) is 21.2 Å². The minimum Gasteiger partial charge on any atom is -0.363 e. The highest BCUT2D eigenvalue weighted by Crippen LogP contribution is 2.32. The van der Waals surface area contributed by atoms with Crippen molar-refractivity contribution in [2.24, 2.45) is 0 Å². The van der Waals surface area contributed by atoms with Crippen molar-refractivity contribution in [1.82, 2.24) is 4.98 Å². The van der Waals surface area contributed by atoms with E-state index in [2.05, 4.69) is 57.1 Å². The number of aryl methyl sites for hydroxylation is 3. The second-order valence-corrected chi connectivity index (χ2v) is 8.59. The molecule has 0 amide bonds. The van der Waals surface area contributed by atoms with Gasteiger partial charge in [0.25, 0.3) is 0 Å². The van der Waals surface area contributed by atoms with Crippen LogP contribution in [-0.2, 0) is 5.75 Å². The molecule has 1 heterocycles. The van der Waals surface area contributed by atoms with Gasteiger partial charge in [0.2, 0.25) is 5.82 Å². The summed E-state index contributed by atoms with van der Waals surface area (Å²) in [6, 6.07) is 7.47. The number of hydrogen-bond donors (Lipinski definition) is 1. The number of thioether (sulfide) groups is 1. The smallest absolute Gasteiger partial charge is 0.311 e. The summed E-state index contributed by atoms with van der Waals surface area (Å²) in [5.74, 6) is 1.24. The second kappa shape index (κ2) is 7.87. The summed E-state index contributed by atoms with van der Waals surface area (Å²) in [5.41, 5.74) is 5.29. The highest BCUT2D eigenvalue weighted by molar-refractivity contribution is 7.99. The number of hydrogen-bond acceptors (Lipinski definition) is 5. The first-order valence-corrected chi connectivity index (χ1v) is 9.22. The Morgan fingerprint density at radius 3 is 2.48 bits per heavy atom. The summed E-state index contributed by atoms with van der Waals surface area (Å²) in [5, 5.41) is 14.2. The van der Waals surface area contributed by atoms with Gasteiger partial charge in [-0.1, -0.05) is 17.7 Å². The molecule has 0 unspecified atom stereocenters. The maximum atomic E-state index is 11.1. The Balaban J connectivity index is 2.02. The van der Waals surface area contributed by atoms with Crippen molar-refractivity contribution in [1.29, 1.82) is 0 Å². The lowest BCUT2D eigenvalue weighted by Crippen LogP contribution is -2.27. The fourth-order valence-corrected chi connectivity index (χ4v) is 3.90. The zero-order chi connectivity index (χ0) is 18.6. The van der Waals surface area contributed by atoms with Crippen LogP contribution in [0.1, 0.15) is 36.1 Å². The Hall–Kier alpha value is -2.08. The molecule has 0 fully saturated rings. The van der Waals surface area contributed by atoms with E-state index < -0.39 is 4.92 Å². The molecule has 1 aromatic heterocycles. The molecule has 0 spiro atoms. The van der Waals surface area contributed by atoms with Crippen LogP contribution in [0.2, 0.25) is 0 Å². The van der Waals surface area contributed by atoms with Crippen molar-refractivity contribution < 1.29 is 4.92 Å². The van der Waals surface area contributed by atoms with E-state index in [1.54, 1.807) is 12.3 Å². The van der Waals surface area contributed by atoms with Gasteiger partial charge in [-0.2, -0.15) is 0 Å². The van der Waals surface area contributed by atoms with Crippen molar-refractivity contribution in [3.05, 3.63) is 62.8 Å². The van der Waals surface area contributed by atoms with Gasteiger partial charge in [-0.25, -0.2) is 4.98 Å². The third-order valence-electron chi connectivity index (χ3n) is 4.11. The number of pyridine rings is 1. The van der Waals surface area contributed by atoms with Crippen LogP contribution in [0.3, 0.4) is 0 Å². The topological polar surface area (TPSA) is 68.1 Å². The Morgan fingerprint density at radius 1 is 1.24 bits per heavy atom. The van der Waals surface area contributed by atoms with Gasteiger partial charge in [-0.3, -0.25) is 10.1 Å². The minimum atomic E-state index is -0.408. The first-order valence-electron chi connectivity index (χ1n) is 8.23. The second-order valence-electron chi connectivity index (χ2n) is 6.91. The van der Waals surface area contributed by atoms with Crippen LogP contribution in [0.25, 0.3) is 0 Å². The van der Waals surface area contributed by atoms with Crippen LogP contribution in [0.4, 0.5) is 11.5 Å². The highest BCUT2D eigenvalue weighted by atomic mass is 32.2. The van der Waals surface area contributed by atoms with Crippen LogP contribution in [0, 0.1) is 30.9 Å². The highest BCUT2D eigenvalue weighted by Gasteiger charge is 2.22. The standard InChI is InChI=1S/C19H25N3O2S/c1-13-9-14(2)16(15(3)10-13)11-25-19(4,5)12-21-18-17(22(23)24)7-6-8-20-18/h6-10H,11-12H2,1-5H3,(H,20,21). The fourth-order valence-electron chi connectivity index (χ4n) is 2.73. The zero-order valence-electron chi connectivity index (χ0n) is 15.4. The van der Waals surface area contributed by atoms with Crippen molar-refractivity contribution in [3.8, 4) is 0 Å². The van der Waals surface area contributed by atoms with E-state index in [1.165, 1.54) is 28.3 Å². The molecule has 0 radical (unpaired) electrons. The maximum Gasteiger partial charge on any atom is 0.311 e. The summed E-state index contributed by atoms with van der Waals surface area (Å²) in [7, 11) is 0. The largest absolute Gasteiger partial charge is 0.363 e. The third kappa shape index (κ3) is 5.19. The molecule has 0 saturated carbocycles. The molecule has 6 heteroatoms. The van der Waals surface area contributed by atoms with E-state index in [-0.39, 0.29) is 10.4 Å². The number of nitro groups is 1. The van der Waals surface area contributed by atoms with E-state index in [9.17, 15) is 10.1 Å². The predicted molar refractivity (Wildman–Crippen MR) is 105 cm³/mol. The van der Waals surface area contributed by atoms with Gasteiger partial charge in [0.05, 0.1) is 4.92 Å². The first-order chi connectivity index (χ1) is 11.7. The maximum absolute atomic E-state index is 11.1. The Labute approximate surface area is 153 Å². The van der Waals surface area contributed by atoms with Crippen LogP contribution in [0.5, 0.6) is 0 Å². The molecule has 0 aliphatic heterocycles. The molecule has 1 N–H and O–H groups in total. The lowest BCUT2D eigenvalue weighted by Gasteiger charge is -2.25. The molecule has 0 atom stereocenters. The zero-order valence-corrected chi connectivity index (χ0v) is 16.2. The molecule has 0 aliphatic carbocycles. The molecular weight excluding hydrogens is 334 g/mol. The normalized spacial score (nSPS) is 11.4. The van der Waals surface area contributed by atoms with E-state index in [1.807, 2.05) is 11.8 Å². The SMILES string of the molecule is Cc1cc(C)c(CSC(C)(C)CNc2ncccc2[N+](=O)[O-])c(C)c1. The van der Waals surface area contributed by atoms with E-state index in [0.717, 1.165) is 5.75 Å². The van der Waals surface area contributed by atoms with Gasteiger partial charge in [0, 0.05) is 29.3 Å². The van der Waals surface area contributed by atoms with Crippen LogP contribution < -0.4 is 5.32 Å². The number of anilines is 1. The average Bonchev–Trinajstić information content (AvgIpc) is 2.52. The van der Waals surface area contributed by atoms with Crippen LogP contribution >= 0.6 is 11.8 Å². The van der Waals surface area contributed by atoms with E-state index in [0.29, 0.717) is 12.4 Å². The number of rotatable bonds is 7. The van der Waals surface area contributed by atoms with Gasteiger partial charge in [-0.05, 0) is 57.4 Å². The van der Waals surface area contributed by atoms with E-state index >= 15 is 0 Å². The van der Waals surface area contributed by atoms with Crippen LogP contribution in [0.15, 0.2) is 30.5 Å². The lowest BCUT2D eigenvalue weighted by molar-refractivity contribution is -0.384. The molecule has 5 nitrogen and oxygen atoms in total. The number of nitrogens with one attached hydrogen (secondary N) is 1. The summed E-state index contributed by atoms with van der Waals surface area (Å²) < 4.78 is -0.0881. The monoisotopic (exact) mass is 359 g/mol. The number of aromatic nitrogens is 1. The van der Waals surface area contributed by atoms with Crippen molar-refractivity contribution >= 4 is 23.3 Å². The van der Waals surface area contributed by atoms with Crippen molar-refractivity contribution in [2.45, 2.75) is 45.1 Å². The quantitative estimate of drug-likeness (QED) is 0.554. The van der Waals surface area contributed by atoms with Crippen molar-refractivity contribution in [2.75, 3.05) is 11.9 Å². The van der Waals surface area contributed by atoms with E-state index in [4.69, 9.17) is 0 Å². The van der Waals surface area contributed by atoms with Crippen molar-refractivity contribution in [3.63, 3.8) is 0 Å². The first kappa shape index (κ1) is 19.2. The number of benzene rings is 1. The molecule has 0 bridgehead atoms. The van der Waals surface area contributed by atoms with Gasteiger partial charge < -0.3 is 5.32 Å². The summed E-state index contributed by atoms with van der Waals surface area (Å²) >= 11 is 1.84. The summed E-state index contributed by atoms with van der Waals surface area (Å²) in [4.78, 5) is 14.8. The molecule has 2 aromatic rings. The van der Waals surface area contributed by atoms with Gasteiger partial charge in [-0.15, -0.1) is 11.8 Å². The molecular formula is C19H25N3O2S. The molecule has 0 saturated heterocycles. The molecule has 25 heavy (non-hydrogen) atoms. The predicted octanol–water partition coefficient (Wildman–Crippen LogP) is 5.04. The molecule has 0 aliphatic rings. The Kier molecular flexibility index (Phi) is 6.06.